The van der Waals surface area contributed by atoms with Crippen LogP contribution in [0.4, 0.5) is 8.78 Å². The molecule has 0 aromatic heterocycles. The third kappa shape index (κ3) is 4.40. The van der Waals surface area contributed by atoms with E-state index in [0.717, 1.165) is 38.3 Å². The molecular weight excluding hydrogens is 272 g/mol. The van der Waals surface area contributed by atoms with Gasteiger partial charge in [-0.3, -0.25) is 0 Å². The molecule has 0 spiro atoms. The Balaban J connectivity index is 2.07. The highest BCUT2D eigenvalue weighted by Gasteiger charge is 2.31. The minimum Gasteiger partial charge on any atom is -0.486 e. The van der Waals surface area contributed by atoms with Gasteiger partial charge in [-0.2, -0.15) is 0 Å². The molecule has 1 N–H and O–H groups in total. The van der Waals surface area contributed by atoms with E-state index in [1.54, 1.807) is 0 Å². The summed E-state index contributed by atoms with van der Waals surface area (Å²) in [5.41, 5.74) is 0. The summed E-state index contributed by atoms with van der Waals surface area (Å²) in [7, 11) is 0. The second-order valence-corrected chi connectivity index (χ2v) is 5.88. The number of hydrogen-bond acceptors (Lipinski definition) is 2. The fraction of sp³-hybridized carbons (Fsp3) is 0.647. The van der Waals surface area contributed by atoms with E-state index in [1.807, 2.05) is 0 Å². The van der Waals surface area contributed by atoms with E-state index < -0.39 is 11.6 Å². The summed E-state index contributed by atoms with van der Waals surface area (Å²) in [6, 6.07) is 3.76. The highest BCUT2D eigenvalue weighted by atomic mass is 19.1. The van der Waals surface area contributed by atoms with Crippen molar-refractivity contribution in [2.24, 2.45) is 5.92 Å². The zero-order valence-electron chi connectivity index (χ0n) is 12.9. The first kappa shape index (κ1) is 16.2. The van der Waals surface area contributed by atoms with Gasteiger partial charge in [-0.15, -0.1) is 0 Å². The van der Waals surface area contributed by atoms with E-state index in [-0.39, 0.29) is 17.9 Å². The van der Waals surface area contributed by atoms with Gasteiger partial charge < -0.3 is 10.1 Å². The number of rotatable bonds is 6. The van der Waals surface area contributed by atoms with Gasteiger partial charge in [-0.05, 0) is 50.3 Å². The number of hydrogen-bond donors (Lipinski definition) is 1. The normalized spacial score (nSPS) is 25.8. The predicted octanol–water partition coefficient (Wildman–Crippen LogP) is 4.29. The highest BCUT2D eigenvalue weighted by molar-refractivity contribution is 5.25. The van der Waals surface area contributed by atoms with E-state index in [2.05, 4.69) is 19.2 Å². The van der Waals surface area contributed by atoms with E-state index in [4.69, 9.17) is 4.74 Å². The fourth-order valence-corrected chi connectivity index (χ4v) is 3.01. The number of ether oxygens (including phenoxy) is 1. The topological polar surface area (TPSA) is 21.3 Å². The quantitative estimate of drug-likeness (QED) is 0.845. The van der Waals surface area contributed by atoms with Gasteiger partial charge >= 0.3 is 0 Å². The summed E-state index contributed by atoms with van der Waals surface area (Å²) in [5, 5.41) is 3.50. The maximum Gasteiger partial charge on any atom is 0.167 e. The van der Waals surface area contributed by atoms with Crippen molar-refractivity contribution in [1.29, 1.82) is 0 Å². The van der Waals surface area contributed by atoms with E-state index in [9.17, 15) is 8.78 Å². The van der Waals surface area contributed by atoms with Gasteiger partial charge in [0, 0.05) is 12.1 Å². The molecule has 0 bridgehead atoms. The van der Waals surface area contributed by atoms with Crippen LogP contribution in [-0.4, -0.2) is 18.7 Å². The van der Waals surface area contributed by atoms with Crippen molar-refractivity contribution in [3.8, 4) is 5.75 Å². The molecule has 0 saturated heterocycles. The summed E-state index contributed by atoms with van der Waals surface area (Å²) >= 11 is 0. The molecule has 1 fully saturated rings. The van der Waals surface area contributed by atoms with Crippen molar-refractivity contribution < 1.29 is 13.5 Å². The Hall–Kier alpha value is -1.16. The lowest BCUT2D eigenvalue weighted by molar-refractivity contribution is 0.0812. The number of benzene rings is 1. The Labute approximate surface area is 125 Å². The smallest absolute Gasteiger partial charge is 0.167 e. The number of halogens is 2. The fourth-order valence-electron chi connectivity index (χ4n) is 3.01. The molecule has 0 aliphatic heterocycles. The summed E-state index contributed by atoms with van der Waals surface area (Å²) < 4.78 is 32.6. The molecule has 0 amide bonds. The molecule has 2 nitrogen and oxygen atoms in total. The molecule has 1 aliphatic carbocycles. The highest BCUT2D eigenvalue weighted by Crippen LogP contribution is 2.31. The van der Waals surface area contributed by atoms with Crippen LogP contribution in [0.25, 0.3) is 0 Å². The van der Waals surface area contributed by atoms with Crippen LogP contribution in [-0.2, 0) is 0 Å². The third-order valence-corrected chi connectivity index (χ3v) is 4.31. The molecule has 1 aromatic carbocycles. The summed E-state index contributed by atoms with van der Waals surface area (Å²) in [4.78, 5) is 0. The van der Waals surface area contributed by atoms with Gasteiger partial charge in [-0.25, -0.2) is 8.78 Å². The Kier molecular flexibility index (Phi) is 5.97. The Bertz CT molecular complexity index is 452. The van der Waals surface area contributed by atoms with Crippen LogP contribution in [0.1, 0.15) is 46.0 Å². The van der Waals surface area contributed by atoms with E-state index in [0.29, 0.717) is 5.92 Å². The van der Waals surface area contributed by atoms with Crippen molar-refractivity contribution in [1.82, 2.24) is 5.32 Å². The zero-order valence-corrected chi connectivity index (χ0v) is 12.9. The lowest BCUT2D eigenvalue weighted by Crippen LogP contribution is -2.47. The first-order valence-electron chi connectivity index (χ1n) is 7.99. The molecule has 1 saturated carbocycles. The van der Waals surface area contributed by atoms with E-state index in [1.165, 1.54) is 18.6 Å². The standard InChI is InChI=1S/C17H25F2NO/c1-3-9-20-15-7-5-12(4-2)10-17(15)21-16-8-6-13(18)11-14(16)19/h6,8,11-12,15,17,20H,3-5,7,9-10H2,1-2H3. The molecule has 3 atom stereocenters. The number of nitrogens with one attached hydrogen (secondary N) is 1. The largest absolute Gasteiger partial charge is 0.486 e. The molecule has 4 heteroatoms. The molecule has 0 heterocycles. The maximum absolute atomic E-state index is 13.8. The predicted molar refractivity (Wildman–Crippen MR) is 80.5 cm³/mol. The average Bonchev–Trinajstić information content (AvgIpc) is 2.48. The van der Waals surface area contributed by atoms with Crippen molar-refractivity contribution >= 4 is 0 Å². The zero-order chi connectivity index (χ0) is 15.2. The first-order valence-corrected chi connectivity index (χ1v) is 7.99. The Morgan fingerprint density at radius 3 is 2.71 bits per heavy atom. The lowest BCUT2D eigenvalue weighted by Gasteiger charge is -2.36. The first-order chi connectivity index (χ1) is 10.1. The molecule has 1 aliphatic rings. The minimum absolute atomic E-state index is 0.0461. The SMILES string of the molecule is CCCNC1CCC(CC)CC1Oc1ccc(F)cc1F. The molecule has 1 aromatic rings. The molecule has 3 unspecified atom stereocenters. The van der Waals surface area contributed by atoms with Crippen LogP contribution in [0, 0.1) is 17.6 Å². The van der Waals surface area contributed by atoms with Crippen LogP contribution in [0.2, 0.25) is 0 Å². The van der Waals surface area contributed by atoms with Crippen LogP contribution >= 0.6 is 0 Å². The van der Waals surface area contributed by atoms with Crippen molar-refractivity contribution in [2.75, 3.05) is 6.54 Å². The Morgan fingerprint density at radius 2 is 2.05 bits per heavy atom. The van der Waals surface area contributed by atoms with Gasteiger partial charge in [0.1, 0.15) is 11.9 Å². The second kappa shape index (κ2) is 7.74. The maximum atomic E-state index is 13.8. The molecule has 118 valence electrons. The van der Waals surface area contributed by atoms with Gasteiger partial charge in [-0.1, -0.05) is 20.3 Å². The summed E-state index contributed by atoms with van der Waals surface area (Å²) in [5.74, 6) is -0.418. The van der Waals surface area contributed by atoms with Gasteiger partial charge in [0.15, 0.2) is 11.6 Å². The van der Waals surface area contributed by atoms with Crippen LogP contribution in [0.5, 0.6) is 5.75 Å². The molecule has 2 rings (SSSR count). The third-order valence-electron chi connectivity index (χ3n) is 4.31. The van der Waals surface area contributed by atoms with Crippen LogP contribution in [0.15, 0.2) is 18.2 Å². The van der Waals surface area contributed by atoms with Gasteiger partial charge in [0.2, 0.25) is 0 Å². The van der Waals surface area contributed by atoms with Gasteiger partial charge in [0.05, 0.1) is 0 Å². The van der Waals surface area contributed by atoms with Crippen LogP contribution in [0.3, 0.4) is 0 Å². The molecule has 21 heavy (non-hydrogen) atoms. The molecule has 0 radical (unpaired) electrons. The average molecular weight is 297 g/mol. The summed E-state index contributed by atoms with van der Waals surface area (Å²) in [6.45, 7) is 5.24. The lowest BCUT2D eigenvalue weighted by atomic mass is 9.82. The van der Waals surface area contributed by atoms with Crippen molar-refractivity contribution in [2.45, 2.75) is 58.1 Å². The second-order valence-electron chi connectivity index (χ2n) is 5.88. The Morgan fingerprint density at radius 1 is 1.24 bits per heavy atom. The minimum atomic E-state index is -0.622. The van der Waals surface area contributed by atoms with Gasteiger partial charge in [0.25, 0.3) is 0 Å². The van der Waals surface area contributed by atoms with Crippen LogP contribution < -0.4 is 10.1 Å². The molecular formula is C17H25F2NO. The van der Waals surface area contributed by atoms with E-state index >= 15 is 0 Å². The monoisotopic (exact) mass is 297 g/mol. The van der Waals surface area contributed by atoms with Crippen molar-refractivity contribution in [3.05, 3.63) is 29.8 Å². The van der Waals surface area contributed by atoms with Crippen molar-refractivity contribution in [3.63, 3.8) is 0 Å². The summed E-state index contributed by atoms with van der Waals surface area (Å²) in [6.07, 6.45) is 5.29.